The normalized spacial score (nSPS) is 16.8. The van der Waals surface area contributed by atoms with Crippen molar-refractivity contribution in [1.29, 1.82) is 0 Å². The molecule has 1 atom stereocenters. The molecule has 2 aromatic heterocycles. The highest BCUT2D eigenvalue weighted by atomic mass is 32.1. The molecule has 0 spiro atoms. The fourth-order valence-electron chi connectivity index (χ4n) is 3.40. The Morgan fingerprint density at radius 2 is 2.04 bits per heavy atom. The number of aromatic nitrogens is 2. The zero-order chi connectivity index (χ0) is 17.6. The number of hydrogen-bond donors (Lipinski definition) is 0. The molecule has 6 nitrogen and oxygen atoms in total. The third kappa shape index (κ3) is 2.55. The highest BCUT2D eigenvalue weighted by Gasteiger charge is 2.30. The minimum absolute atomic E-state index is 0.0381. The smallest absolute Gasteiger partial charge is 0.274 e. The highest BCUT2D eigenvalue weighted by molar-refractivity contribution is 7.15. The van der Waals surface area contributed by atoms with Gasteiger partial charge in [0.05, 0.1) is 20.3 Å². The molecule has 0 saturated carbocycles. The summed E-state index contributed by atoms with van der Waals surface area (Å²) in [6.07, 6.45) is 4.49. The third-order valence-electron chi connectivity index (χ3n) is 4.76. The van der Waals surface area contributed by atoms with Gasteiger partial charge in [-0.25, -0.2) is 4.98 Å². The van der Waals surface area contributed by atoms with E-state index in [1.54, 1.807) is 20.4 Å². The van der Waals surface area contributed by atoms with Crippen LogP contribution in [0.2, 0.25) is 0 Å². The van der Waals surface area contributed by atoms with E-state index in [0.717, 1.165) is 22.7 Å². The molecule has 0 unspecified atom stereocenters. The number of thiazole rings is 1. The van der Waals surface area contributed by atoms with Crippen molar-refractivity contribution in [3.05, 3.63) is 46.7 Å². The summed E-state index contributed by atoms with van der Waals surface area (Å²) in [4.78, 5) is 20.1. The molecule has 0 bridgehead atoms. The van der Waals surface area contributed by atoms with E-state index in [9.17, 15) is 4.79 Å². The van der Waals surface area contributed by atoms with Crippen molar-refractivity contribution in [3.8, 4) is 11.5 Å². The number of imidazole rings is 1. The Morgan fingerprint density at radius 3 is 2.76 bits per heavy atom. The molecule has 0 radical (unpaired) electrons. The summed E-state index contributed by atoms with van der Waals surface area (Å²) in [5.74, 6) is 1.37. The summed E-state index contributed by atoms with van der Waals surface area (Å²) in [7, 11) is 3.26. The van der Waals surface area contributed by atoms with Crippen LogP contribution in [-0.2, 0) is 6.42 Å². The maximum Gasteiger partial charge on any atom is 0.274 e. The summed E-state index contributed by atoms with van der Waals surface area (Å²) in [5.41, 5.74) is 2.78. The van der Waals surface area contributed by atoms with Crippen molar-refractivity contribution in [2.24, 2.45) is 0 Å². The maximum absolute atomic E-state index is 13.0. The van der Waals surface area contributed by atoms with E-state index in [1.807, 2.05) is 39.9 Å². The molecule has 1 aromatic carbocycles. The Labute approximate surface area is 149 Å². The van der Waals surface area contributed by atoms with Gasteiger partial charge in [-0.05, 0) is 36.6 Å². The van der Waals surface area contributed by atoms with Crippen LogP contribution in [0, 0.1) is 0 Å². The number of nitrogens with zero attached hydrogens (tertiary/aromatic N) is 3. The number of benzene rings is 1. The fraction of sp³-hybridized carbons (Fsp3) is 0.333. The number of carbonyl (C=O) groups excluding carboxylic acids is 1. The minimum atomic E-state index is -0.0456. The lowest BCUT2D eigenvalue weighted by molar-refractivity contribution is 0.0672. The molecule has 25 heavy (non-hydrogen) atoms. The Morgan fingerprint density at radius 1 is 1.28 bits per heavy atom. The molecular formula is C18H19N3O3S. The van der Waals surface area contributed by atoms with Gasteiger partial charge >= 0.3 is 0 Å². The van der Waals surface area contributed by atoms with Crippen molar-refractivity contribution < 1.29 is 14.3 Å². The van der Waals surface area contributed by atoms with Gasteiger partial charge in [-0.3, -0.25) is 9.20 Å². The second kappa shape index (κ2) is 6.07. The molecule has 1 amide bonds. The van der Waals surface area contributed by atoms with Crippen LogP contribution in [0.25, 0.3) is 4.96 Å². The number of fused-ring (bicyclic) bond motifs is 2. The maximum atomic E-state index is 13.0. The molecule has 0 aliphatic carbocycles. The van der Waals surface area contributed by atoms with Crippen LogP contribution < -0.4 is 9.47 Å². The van der Waals surface area contributed by atoms with Crippen molar-refractivity contribution in [3.63, 3.8) is 0 Å². The second-order valence-corrected chi connectivity index (χ2v) is 6.92. The first-order valence-electron chi connectivity index (χ1n) is 8.10. The first-order chi connectivity index (χ1) is 12.1. The number of carbonyl (C=O) groups is 1. The fourth-order valence-corrected chi connectivity index (χ4v) is 4.10. The van der Waals surface area contributed by atoms with Gasteiger partial charge in [0.2, 0.25) is 0 Å². The highest BCUT2D eigenvalue weighted by Crippen LogP contribution is 2.38. The lowest BCUT2D eigenvalue weighted by Crippen LogP contribution is -2.39. The Balaban J connectivity index is 1.67. The van der Waals surface area contributed by atoms with E-state index >= 15 is 0 Å². The molecule has 3 heterocycles. The quantitative estimate of drug-likeness (QED) is 0.722. The van der Waals surface area contributed by atoms with Crippen LogP contribution in [0.15, 0.2) is 29.9 Å². The summed E-state index contributed by atoms with van der Waals surface area (Å²) in [5, 5.41) is 1.95. The van der Waals surface area contributed by atoms with Gasteiger partial charge in [0.15, 0.2) is 16.5 Å². The summed E-state index contributed by atoms with van der Waals surface area (Å²) >= 11 is 1.52. The van der Waals surface area contributed by atoms with Gasteiger partial charge in [0.25, 0.3) is 5.91 Å². The van der Waals surface area contributed by atoms with E-state index in [2.05, 4.69) is 4.98 Å². The van der Waals surface area contributed by atoms with Gasteiger partial charge in [0.1, 0.15) is 5.69 Å². The number of hydrogen-bond acceptors (Lipinski definition) is 5. The molecule has 4 rings (SSSR count). The predicted molar refractivity (Wildman–Crippen MR) is 95.8 cm³/mol. The van der Waals surface area contributed by atoms with Crippen LogP contribution >= 0.6 is 11.3 Å². The molecule has 0 N–H and O–H groups in total. The molecule has 3 aromatic rings. The Kier molecular flexibility index (Phi) is 3.88. The molecular weight excluding hydrogens is 338 g/mol. The number of amides is 1. The SMILES string of the molecule is COc1cc2c(cc1OC)[C@H](C)N(C(=O)c1cn3ccsc3n1)CC2. The number of methoxy groups -OCH3 is 2. The molecule has 1 aliphatic heterocycles. The van der Waals surface area contributed by atoms with E-state index in [-0.39, 0.29) is 11.9 Å². The predicted octanol–water partition coefficient (Wildman–Crippen LogP) is 3.17. The third-order valence-corrected chi connectivity index (χ3v) is 5.53. The van der Waals surface area contributed by atoms with Crippen LogP contribution in [0.5, 0.6) is 11.5 Å². The first kappa shape index (κ1) is 16.0. The molecule has 0 fully saturated rings. The summed E-state index contributed by atoms with van der Waals surface area (Å²) in [6, 6.07) is 3.94. The van der Waals surface area contributed by atoms with Gasteiger partial charge in [-0.15, -0.1) is 11.3 Å². The van der Waals surface area contributed by atoms with E-state index in [4.69, 9.17) is 9.47 Å². The average Bonchev–Trinajstić information content (AvgIpc) is 3.22. The van der Waals surface area contributed by atoms with E-state index in [0.29, 0.717) is 18.0 Å². The summed E-state index contributed by atoms with van der Waals surface area (Å²) < 4.78 is 12.7. The van der Waals surface area contributed by atoms with Crippen molar-refractivity contribution in [1.82, 2.24) is 14.3 Å². The van der Waals surface area contributed by atoms with Crippen LogP contribution in [0.4, 0.5) is 0 Å². The van der Waals surface area contributed by atoms with E-state index in [1.165, 1.54) is 16.9 Å². The lowest BCUT2D eigenvalue weighted by Gasteiger charge is -2.35. The zero-order valence-corrected chi connectivity index (χ0v) is 15.2. The van der Waals surface area contributed by atoms with Gasteiger partial charge in [-0.2, -0.15) is 0 Å². The lowest BCUT2D eigenvalue weighted by atomic mass is 9.92. The number of ether oxygens (including phenoxy) is 2. The van der Waals surface area contributed by atoms with Crippen molar-refractivity contribution >= 4 is 22.2 Å². The first-order valence-corrected chi connectivity index (χ1v) is 8.98. The van der Waals surface area contributed by atoms with Crippen LogP contribution in [0.1, 0.15) is 34.6 Å². The second-order valence-electron chi connectivity index (χ2n) is 6.05. The molecule has 7 heteroatoms. The Bertz CT molecular complexity index is 918. The molecule has 1 aliphatic rings. The topological polar surface area (TPSA) is 56.1 Å². The molecule has 130 valence electrons. The largest absolute Gasteiger partial charge is 0.493 e. The monoisotopic (exact) mass is 357 g/mol. The van der Waals surface area contributed by atoms with E-state index < -0.39 is 0 Å². The van der Waals surface area contributed by atoms with Crippen LogP contribution in [0.3, 0.4) is 0 Å². The average molecular weight is 357 g/mol. The summed E-state index contributed by atoms with van der Waals surface area (Å²) in [6.45, 7) is 2.70. The molecule has 0 saturated heterocycles. The standard InChI is InChI=1S/C18H19N3O3S/c1-11-13-9-16(24-3)15(23-2)8-12(13)4-5-21(11)17(22)14-10-20-6-7-25-18(20)19-14/h6-11H,4-5H2,1-3H3/t11-/m0/s1. The van der Waals surface area contributed by atoms with Crippen molar-refractivity contribution in [2.45, 2.75) is 19.4 Å². The minimum Gasteiger partial charge on any atom is -0.493 e. The van der Waals surface area contributed by atoms with Gasteiger partial charge in [0, 0.05) is 24.3 Å². The zero-order valence-electron chi connectivity index (χ0n) is 14.4. The van der Waals surface area contributed by atoms with Crippen molar-refractivity contribution in [2.75, 3.05) is 20.8 Å². The van der Waals surface area contributed by atoms with Crippen LogP contribution in [-0.4, -0.2) is 41.0 Å². The number of rotatable bonds is 3. The van der Waals surface area contributed by atoms with Gasteiger partial charge < -0.3 is 14.4 Å². The van der Waals surface area contributed by atoms with Gasteiger partial charge in [-0.1, -0.05) is 0 Å². The Hall–Kier alpha value is -2.54.